The van der Waals surface area contributed by atoms with Gasteiger partial charge in [0.1, 0.15) is 0 Å². The summed E-state index contributed by atoms with van der Waals surface area (Å²) in [6.07, 6.45) is 3.90. The molecule has 1 fully saturated rings. The summed E-state index contributed by atoms with van der Waals surface area (Å²) in [7, 11) is 0. The van der Waals surface area contributed by atoms with Crippen LogP contribution in [0.15, 0.2) is 42.5 Å². The Morgan fingerprint density at radius 1 is 1.20 bits per heavy atom. The van der Waals surface area contributed by atoms with Crippen LogP contribution < -0.4 is 5.32 Å². The second-order valence-corrected chi connectivity index (χ2v) is 6.90. The number of thioether (sulfide) groups is 1. The predicted octanol–water partition coefficient (Wildman–Crippen LogP) is 4.78. The van der Waals surface area contributed by atoms with Crippen LogP contribution in [0.1, 0.15) is 37.8 Å². The smallest absolute Gasteiger partial charge is 0.0446 e. The normalized spacial score (nSPS) is 20.4. The molecule has 0 bridgehead atoms. The maximum absolute atomic E-state index is 3.80. The molecule has 1 aliphatic rings. The lowest BCUT2D eigenvalue weighted by molar-refractivity contribution is 0.506. The van der Waals surface area contributed by atoms with Crippen LogP contribution in [0.25, 0.3) is 10.8 Å². The number of nitrogens with one attached hydrogen (secondary N) is 1. The second kappa shape index (κ2) is 6.64. The summed E-state index contributed by atoms with van der Waals surface area (Å²) in [5.41, 5.74) is 1.48. The quantitative estimate of drug-likeness (QED) is 0.848. The molecule has 2 unspecified atom stereocenters. The first-order valence-electron chi connectivity index (χ1n) is 7.73. The molecule has 106 valence electrons. The van der Waals surface area contributed by atoms with Crippen molar-refractivity contribution in [1.29, 1.82) is 0 Å². The summed E-state index contributed by atoms with van der Waals surface area (Å²) in [5.74, 6) is 1.32. The minimum Gasteiger partial charge on any atom is -0.309 e. The van der Waals surface area contributed by atoms with E-state index in [4.69, 9.17) is 0 Å². The highest BCUT2D eigenvalue weighted by molar-refractivity contribution is 8.00. The molecule has 0 radical (unpaired) electrons. The zero-order valence-electron chi connectivity index (χ0n) is 12.1. The van der Waals surface area contributed by atoms with Crippen molar-refractivity contribution in [1.82, 2.24) is 5.32 Å². The molecule has 20 heavy (non-hydrogen) atoms. The van der Waals surface area contributed by atoms with Crippen LogP contribution in [0.4, 0.5) is 0 Å². The van der Waals surface area contributed by atoms with E-state index in [2.05, 4.69) is 66.5 Å². The first-order chi connectivity index (χ1) is 9.90. The fourth-order valence-electron chi connectivity index (χ4n) is 3.13. The van der Waals surface area contributed by atoms with Crippen LogP contribution >= 0.6 is 11.8 Å². The zero-order chi connectivity index (χ0) is 13.8. The van der Waals surface area contributed by atoms with Crippen molar-refractivity contribution in [2.75, 3.05) is 12.3 Å². The van der Waals surface area contributed by atoms with Gasteiger partial charge in [0.25, 0.3) is 0 Å². The zero-order valence-corrected chi connectivity index (χ0v) is 13.0. The summed E-state index contributed by atoms with van der Waals surface area (Å²) in [4.78, 5) is 0. The third kappa shape index (κ3) is 2.87. The highest BCUT2D eigenvalue weighted by Gasteiger charge is 2.27. The molecule has 1 N–H and O–H groups in total. The van der Waals surface area contributed by atoms with Gasteiger partial charge in [0.05, 0.1) is 0 Å². The minimum absolute atomic E-state index is 0.494. The third-order valence-corrected chi connectivity index (χ3v) is 5.57. The monoisotopic (exact) mass is 285 g/mol. The van der Waals surface area contributed by atoms with Crippen molar-refractivity contribution >= 4 is 22.5 Å². The highest BCUT2D eigenvalue weighted by Crippen LogP contribution is 2.38. The van der Waals surface area contributed by atoms with Gasteiger partial charge in [-0.15, -0.1) is 0 Å². The molecule has 1 heterocycles. The summed E-state index contributed by atoms with van der Waals surface area (Å²) in [5, 5.41) is 7.30. The summed E-state index contributed by atoms with van der Waals surface area (Å²) in [6, 6.07) is 16.0. The van der Waals surface area contributed by atoms with E-state index in [0.29, 0.717) is 6.04 Å². The van der Waals surface area contributed by atoms with Crippen molar-refractivity contribution in [2.24, 2.45) is 0 Å². The van der Waals surface area contributed by atoms with E-state index >= 15 is 0 Å². The average molecular weight is 285 g/mol. The van der Waals surface area contributed by atoms with Crippen LogP contribution in [-0.2, 0) is 0 Å². The summed E-state index contributed by atoms with van der Waals surface area (Å²) in [6.45, 7) is 3.35. The summed E-state index contributed by atoms with van der Waals surface area (Å²) >= 11 is 2.14. The predicted molar refractivity (Wildman–Crippen MR) is 90.5 cm³/mol. The van der Waals surface area contributed by atoms with Crippen LogP contribution in [-0.4, -0.2) is 17.5 Å². The van der Waals surface area contributed by atoms with Crippen molar-refractivity contribution in [3.05, 3.63) is 48.0 Å². The molecular formula is C18H23NS. The standard InChI is InChI=1S/C18H23NS/c1-2-12-19-18(17-11-6-13-20-17)16-10-5-8-14-7-3-4-9-15(14)16/h3-5,7-10,17-19H,2,6,11-13H2,1H3. The van der Waals surface area contributed by atoms with Crippen molar-refractivity contribution in [3.8, 4) is 0 Å². The Kier molecular flexibility index (Phi) is 4.64. The number of rotatable bonds is 5. The van der Waals surface area contributed by atoms with Gasteiger partial charge in [-0.2, -0.15) is 11.8 Å². The molecule has 0 amide bonds. The number of benzene rings is 2. The number of fused-ring (bicyclic) bond motifs is 1. The molecule has 2 atom stereocenters. The molecule has 1 saturated heterocycles. The molecule has 2 aromatic rings. The molecule has 1 nitrogen and oxygen atoms in total. The lowest BCUT2D eigenvalue weighted by Crippen LogP contribution is -2.29. The molecule has 2 aromatic carbocycles. The minimum atomic E-state index is 0.494. The van der Waals surface area contributed by atoms with Crippen molar-refractivity contribution < 1.29 is 0 Å². The fraction of sp³-hybridized carbons (Fsp3) is 0.444. The van der Waals surface area contributed by atoms with Gasteiger partial charge in [0, 0.05) is 11.3 Å². The second-order valence-electron chi connectivity index (χ2n) is 5.55. The molecule has 0 spiro atoms. The van der Waals surface area contributed by atoms with Gasteiger partial charge in [0.15, 0.2) is 0 Å². The Hall–Kier alpha value is -0.990. The van der Waals surface area contributed by atoms with Crippen molar-refractivity contribution in [3.63, 3.8) is 0 Å². The molecule has 0 aromatic heterocycles. The Bertz CT molecular complexity index is 555. The van der Waals surface area contributed by atoms with Gasteiger partial charge in [-0.3, -0.25) is 0 Å². The van der Waals surface area contributed by atoms with E-state index in [1.54, 1.807) is 0 Å². The topological polar surface area (TPSA) is 12.0 Å². The Morgan fingerprint density at radius 2 is 2.05 bits per heavy atom. The largest absolute Gasteiger partial charge is 0.309 e. The van der Waals surface area contributed by atoms with E-state index in [-0.39, 0.29) is 0 Å². The van der Waals surface area contributed by atoms with Crippen molar-refractivity contribution in [2.45, 2.75) is 37.5 Å². The van der Waals surface area contributed by atoms with Gasteiger partial charge >= 0.3 is 0 Å². The van der Waals surface area contributed by atoms with Gasteiger partial charge in [-0.05, 0) is 47.9 Å². The third-order valence-electron chi connectivity index (χ3n) is 4.11. The van der Waals surface area contributed by atoms with E-state index < -0.39 is 0 Å². The van der Waals surface area contributed by atoms with Crippen LogP contribution in [0.2, 0.25) is 0 Å². The van der Waals surface area contributed by atoms with E-state index in [0.717, 1.165) is 11.8 Å². The molecular weight excluding hydrogens is 262 g/mol. The SMILES string of the molecule is CCCNC(c1cccc2ccccc12)C1CCCS1. The maximum atomic E-state index is 3.80. The lowest BCUT2D eigenvalue weighted by atomic mass is 9.95. The first kappa shape index (κ1) is 14.0. The lowest BCUT2D eigenvalue weighted by Gasteiger charge is -2.26. The van der Waals surface area contributed by atoms with Gasteiger partial charge in [-0.25, -0.2) is 0 Å². The Labute approximate surface area is 126 Å². The Morgan fingerprint density at radius 3 is 2.85 bits per heavy atom. The van der Waals surface area contributed by atoms with Gasteiger partial charge in [0.2, 0.25) is 0 Å². The maximum Gasteiger partial charge on any atom is 0.0446 e. The van der Waals surface area contributed by atoms with Gasteiger partial charge < -0.3 is 5.32 Å². The van der Waals surface area contributed by atoms with E-state index in [1.807, 2.05) is 0 Å². The van der Waals surface area contributed by atoms with E-state index in [9.17, 15) is 0 Å². The van der Waals surface area contributed by atoms with Gasteiger partial charge in [-0.1, -0.05) is 49.4 Å². The first-order valence-corrected chi connectivity index (χ1v) is 8.77. The molecule has 3 rings (SSSR count). The molecule has 1 aliphatic heterocycles. The molecule has 0 saturated carbocycles. The Balaban J connectivity index is 1.99. The average Bonchev–Trinajstić information content (AvgIpc) is 3.02. The summed E-state index contributed by atoms with van der Waals surface area (Å²) < 4.78 is 0. The fourth-order valence-corrected chi connectivity index (χ4v) is 4.53. The van der Waals surface area contributed by atoms with Crippen LogP contribution in [0.5, 0.6) is 0 Å². The number of hydrogen-bond acceptors (Lipinski definition) is 2. The van der Waals surface area contributed by atoms with Crippen LogP contribution in [0, 0.1) is 0 Å². The van der Waals surface area contributed by atoms with Crippen LogP contribution in [0.3, 0.4) is 0 Å². The highest BCUT2D eigenvalue weighted by atomic mass is 32.2. The van der Waals surface area contributed by atoms with E-state index in [1.165, 1.54) is 41.4 Å². The molecule has 2 heteroatoms. The number of hydrogen-bond donors (Lipinski definition) is 1. The molecule has 0 aliphatic carbocycles.